The molecule has 0 saturated carbocycles. The van der Waals surface area contributed by atoms with Crippen LogP contribution in [-0.4, -0.2) is 62.9 Å². The Balaban J connectivity index is 0.00000112. The Hall–Kier alpha value is -0.360. The molecule has 2 aliphatic heterocycles. The maximum Gasteiger partial charge on any atom is 0.254 e. The molecular weight excluding hydrogens is 220 g/mol. The number of rotatable bonds is 1. The highest BCUT2D eigenvalue weighted by Crippen LogP contribution is 2.06. The monoisotopic (exact) mass is 236 g/mol. The van der Waals surface area contributed by atoms with Crippen molar-refractivity contribution in [2.45, 2.75) is 6.10 Å². The maximum atomic E-state index is 11.8. The van der Waals surface area contributed by atoms with Crippen LogP contribution in [0.2, 0.25) is 0 Å². The molecule has 2 saturated heterocycles. The van der Waals surface area contributed by atoms with Gasteiger partial charge in [0.2, 0.25) is 0 Å². The third kappa shape index (κ3) is 3.31. The van der Waals surface area contributed by atoms with E-state index in [1.54, 1.807) is 0 Å². The van der Waals surface area contributed by atoms with Crippen molar-refractivity contribution in [2.24, 2.45) is 0 Å². The number of nitrogens with one attached hydrogen (secondary N) is 1. The van der Waals surface area contributed by atoms with Gasteiger partial charge in [0.15, 0.2) is 6.10 Å². The molecule has 1 unspecified atom stereocenters. The van der Waals surface area contributed by atoms with Crippen LogP contribution < -0.4 is 5.32 Å². The van der Waals surface area contributed by atoms with Crippen molar-refractivity contribution >= 4 is 18.3 Å². The van der Waals surface area contributed by atoms with Crippen LogP contribution in [0, 0.1) is 0 Å². The van der Waals surface area contributed by atoms with Crippen molar-refractivity contribution in [1.29, 1.82) is 0 Å². The number of hydrogen-bond donors (Lipinski definition) is 1. The highest BCUT2D eigenvalue weighted by atomic mass is 35.5. The Kier molecular flexibility index (Phi) is 5.31. The highest BCUT2D eigenvalue weighted by molar-refractivity contribution is 5.85. The summed E-state index contributed by atoms with van der Waals surface area (Å²) in [7, 11) is 0. The van der Waals surface area contributed by atoms with Crippen molar-refractivity contribution in [3.05, 3.63) is 0 Å². The molecule has 0 radical (unpaired) electrons. The zero-order valence-corrected chi connectivity index (χ0v) is 9.42. The summed E-state index contributed by atoms with van der Waals surface area (Å²) in [6, 6.07) is 0. The van der Waals surface area contributed by atoms with Gasteiger partial charge in [-0.05, 0) is 0 Å². The summed E-state index contributed by atoms with van der Waals surface area (Å²) in [5.41, 5.74) is 0. The normalized spacial score (nSPS) is 26.9. The van der Waals surface area contributed by atoms with Gasteiger partial charge >= 0.3 is 0 Å². The van der Waals surface area contributed by atoms with Gasteiger partial charge in [-0.3, -0.25) is 4.79 Å². The molecule has 1 amide bonds. The molecule has 0 aromatic rings. The predicted octanol–water partition coefficient (Wildman–Crippen LogP) is -0.745. The first-order valence-corrected chi connectivity index (χ1v) is 5.07. The second-order valence-electron chi connectivity index (χ2n) is 3.51. The Morgan fingerprint density at radius 2 is 2.00 bits per heavy atom. The van der Waals surface area contributed by atoms with Crippen LogP contribution >= 0.6 is 12.4 Å². The van der Waals surface area contributed by atoms with E-state index >= 15 is 0 Å². The smallest absolute Gasteiger partial charge is 0.254 e. The second-order valence-corrected chi connectivity index (χ2v) is 3.51. The second kappa shape index (κ2) is 6.27. The zero-order valence-electron chi connectivity index (χ0n) is 8.61. The number of ether oxygens (including phenoxy) is 2. The van der Waals surface area contributed by atoms with Crippen LogP contribution in [0.3, 0.4) is 0 Å². The molecule has 2 rings (SSSR count). The van der Waals surface area contributed by atoms with E-state index in [0.717, 1.165) is 26.2 Å². The largest absolute Gasteiger partial charge is 0.376 e. The number of carbonyl (C=O) groups is 1. The third-order valence-electron chi connectivity index (χ3n) is 2.52. The average Bonchev–Trinajstić information content (AvgIpc) is 2.30. The Bertz CT molecular complexity index is 184. The summed E-state index contributed by atoms with van der Waals surface area (Å²) in [6.45, 7) is 4.84. The number of piperazine rings is 1. The van der Waals surface area contributed by atoms with Crippen molar-refractivity contribution in [3.8, 4) is 0 Å². The Labute approximate surface area is 95.5 Å². The first-order valence-electron chi connectivity index (χ1n) is 5.07. The van der Waals surface area contributed by atoms with E-state index in [1.807, 2.05) is 4.90 Å². The van der Waals surface area contributed by atoms with Gasteiger partial charge in [-0.25, -0.2) is 0 Å². The highest BCUT2D eigenvalue weighted by Gasteiger charge is 2.27. The summed E-state index contributed by atoms with van der Waals surface area (Å²) >= 11 is 0. The van der Waals surface area contributed by atoms with Gasteiger partial charge in [0.25, 0.3) is 5.91 Å². The number of carbonyl (C=O) groups excluding carboxylic acids is 1. The van der Waals surface area contributed by atoms with E-state index in [0.29, 0.717) is 19.8 Å². The van der Waals surface area contributed by atoms with Gasteiger partial charge in [-0.2, -0.15) is 0 Å². The van der Waals surface area contributed by atoms with E-state index in [-0.39, 0.29) is 24.4 Å². The van der Waals surface area contributed by atoms with Crippen LogP contribution in [0.25, 0.3) is 0 Å². The SMILES string of the molecule is Cl.O=C(C1COCCO1)N1CCNCC1. The zero-order chi connectivity index (χ0) is 9.80. The quantitative estimate of drug-likeness (QED) is 0.651. The van der Waals surface area contributed by atoms with Crippen LogP contribution in [0.5, 0.6) is 0 Å². The maximum absolute atomic E-state index is 11.8. The van der Waals surface area contributed by atoms with Crippen molar-refractivity contribution in [3.63, 3.8) is 0 Å². The fraction of sp³-hybridized carbons (Fsp3) is 0.889. The minimum absolute atomic E-state index is 0. The van der Waals surface area contributed by atoms with Crippen molar-refractivity contribution in [2.75, 3.05) is 46.0 Å². The Morgan fingerprint density at radius 1 is 1.27 bits per heavy atom. The first kappa shape index (κ1) is 12.7. The van der Waals surface area contributed by atoms with E-state index in [9.17, 15) is 4.79 Å². The predicted molar refractivity (Wildman–Crippen MR) is 57.3 cm³/mol. The molecule has 2 aliphatic rings. The summed E-state index contributed by atoms with van der Waals surface area (Å²) in [5.74, 6) is 0.0752. The first-order chi connectivity index (χ1) is 6.88. The fourth-order valence-electron chi connectivity index (χ4n) is 1.72. The molecule has 0 aromatic carbocycles. The molecule has 1 N–H and O–H groups in total. The summed E-state index contributed by atoms with van der Waals surface area (Å²) in [6.07, 6.45) is -0.373. The van der Waals surface area contributed by atoms with E-state index in [1.165, 1.54) is 0 Å². The average molecular weight is 237 g/mol. The Morgan fingerprint density at radius 3 is 2.60 bits per heavy atom. The van der Waals surface area contributed by atoms with Gasteiger partial charge < -0.3 is 19.7 Å². The molecule has 0 aliphatic carbocycles. The van der Waals surface area contributed by atoms with Gasteiger partial charge in [0, 0.05) is 26.2 Å². The lowest BCUT2D eigenvalue weighted by Crippen LogP contribution is -2.52. The lowest BCUT2D eigenvalue weighted by Gasteiger charge is -2.32. The molecule has 0 aromatic heterocycles. The lowest BCUT2D eigenvalue weighted by atomic mass is 10.2. The summed E-state index contributed by atoms with van der Waals surface area (Å²) in [5, 5.41) is 3.21. The van der Waals surface area contributed by atoms with Crippen LogP contribution in [0.15, 0.2) is 0 Å². The molecule has 2 heterocycles. The minimum Gasteiger partial charge on any atom is -0.376 e. The molecule has 0 spiro atoms. The standard InChI is InChI=1S/C9H16N2O3.ClH/c12-9(8-7-13-5-6-14-8)11-3-1-10-2-4-11;/h8,10H,1-7H2;1H. The number of hydrogen-bond acceptors (Lipinski definition) is 4. The van der Waals surface area contributed by atoms with E-state index in [2.05, 4.69) is 5.32 Å². The molecule has 6 heteroatoms. The molecule has 2 fully saturated rings. The number of nitrogens with zero attached hydrogens (tertiary/aromatic N) is 1. The molecule has 0 bridgehead atoms. The molecule has 88 valence electrons. The van der Waals surface area contributed by atoms with Crippen LogP contribution in [0.4, 0.5) is 0 Å². The van der Waals surface area contributed by atoms with Gasteiger partial charge in [0.05, 0.1) is 19.8 Å². The van der Waals surface area contributed by atoms with Gasteiger partial charge in [-0.1, -0.05) is 0 Å². The minimum atomic E-state index is -0.373. The molecule has 15 heavy (non-hydrogen) atoms. The number of amides is 1. The fourth-order valence-corrected chi connectivity index (χ4v) is 1.72. The van der Waals surface area contributed by atoms with E-state index < -0.39 is 0 Å². The molecular formula is C9H17ClN2O3. The topological polar surface area (TPSA) is 50.8 Å². The van der Waals surface area contributed by atoms with Crippen LogP contribution in [-0.2, 0) is 14.3 Å². The lowest BCUT2D eigenvalue weighted by molar-refractivity contribution is -0.158. The van der Waals surface area contributed by atoms with Gasteiger partial charge in [-0.15, -0.1) is 12.4 Å². The van der Waals surface area contributed by atoms with E-state index in [4.69, 9.17) is 9.47 Å². The van der Waals surface area contributed by atoms with Crippen molar-refractivity contribution < 1.29 is 14.3 Å². The summed E-state index contributed by atoms with van der Waals surface area (Å²) < 4.78 is 10.6. The summed E-state index contributed by atoms with van der Waals surface area (Å²) in [4.78, 5) is 13.7. The third-order valence-corrected chi connectivity index (χ3v) is 2.52. The molecule has 5 nitrogen and oxygen atoms in total. The van der Waals surface area contributed by atoms with Gasteiger partial charge in [0.1, 0.15) is 0 Å². The van der Waals surface area contributed by atoms with Crippen molar-refractivity contribution in [1.82, 2.24) is 10.2 Å². The van der Waals surface area contributed by atoms with Crippen LogP contribution in [0.1, 0.15) is 0 Å². The molecule has 1 atom stereocenters. The number of halogens is 1.